The number of carboxylic acid groups (broad SMARTS) is 1. The van der Waals surface area contributed by atoms with Crippen molar-refractivity contribution in [2.45, 2.75) is 0 Å². The van der Waals surface area contributed by atoms with Gasteiger partial charge in [-0.2, -0.15) is 25.2 Å². The molecule has 0 saturated heterocycles. The van der Waals surface area contributed by atoms with Gasteiger partial charge in [0.05, 0.1) is 11.4 Å². The second-order valence-electron chi connectivity index (χ2n) is 5.41. The molecule has 11 nitrogen and oxygen atoms in total. The van der Waals surface area contributed by atoms with Crippen LogP contribution in [0.3, 0.4) is 0 Å². The van der Waals surface area contributed by atoms with Gasteiger partial charge >= 0.3 is 12.0 Å². The van der Waals surface area contributed by atoms with Crippen molar-refractivity contribution in [1.29, 1.82) is 0 Å². The van der Waals surface area contributed by atoms with E-state index in [1.165, 1.54) is 18.2 Å². The molecule has 3 rings (SSSR count). The van der Waals surface area contributed by atoms with Crippen molar-refractivity contribution in [3.63, 3.8) is 0 Å². The predicted molar refractivity (Wildman–Crippen MR) is 100 cm³/mol. The first-order valence-corrected chi connectivity index (χ1v) is 7.92. The first kappa shape index (κ1) is 18.5. The zero-order valence-electron chi connectivity index (χ0n) is 14.5. The summed E-state index contributed by atoms with van der Waals surface area (Å²) in [5, 5.41) is 41.6. The predicted octanol–water partition coefficient (Wildman–Crippen LogP) is 3.18. The lowest BCUT2D eigenvalue weighted by atomic mass is 10.2. The summed E-state index contributed by atoms with van der Waals surface area (Å²) >= 11 is 0. The van der Waals surface area contributed by atoms with Crippen LogP contribution in [-0.2, 0) is 0 Å². The molecule has 0 bridgehead atoms. The van der Waals surface area contributed by atoms with Crippen LogP contribution in [0.2, 0.25) is 0 Å². The lowest BCUT2D eigenvalue weighted by Gasteiger charge is -2.06. The van der Waals surface area contributed by atoms with Gasteiger partial charge in [0.15, 0.2) is 0 Å². The number of nitrogens with one attached hydrogen (secondary N) is 2. The number of benzene rings is 2. The van der Waals surface area contributed by atoms with Crippen LogP contribution in [0, 0.1) is 0 Å². The van der Waals surface area contributed by atoms with E-state index in [4.69, 9.17) is 5.11 Å². The van der Waals surface area contributed by atoms with Crippen LogP contribution in [0.5, 0.6) is 11.8 Å². The third-order valence-electron chi connectivity index (χ3n) is 3.46. The fourth-order valence-electron chi connectivity index (χ4n) is 2.15. The van der Waals surface area contributed by atoms with E-state index in [1.807, 2.05) is 0 Å². The summed E-state index contributed by atoms with van der Waals surface area (Å²) in [6.45, 7) is 0. The van der Waals surface area contributed by atoms with E-state index in [2.05, 4.69) is 35.8 Å². The molecular formula is C17H15N7O4. The van der Waals surface area contributed by atoms with Crippen molar-refractivity contribution < 1.29 is 20.1 Å². The molecule has 11 heteroatoms. The molecule has 0 aliphatic heterocycles. The monoisotopic (exact) mass is 381 g/mol. The van der Waals surface area contributed by atoms with Gasteiger partial charge in [-0.15, -0.1) is 0 Å². The summed E-state index contributed by atoms with van der Waals surface area (Å²) in [6.07, 6.45) is 0. The minimum Gasteiger partial charge on any atom is -0.507 e. The van der Waals surface area contributed by atoms with E-state index in [1.54, 1.807) is 31.3 Å². The quantitative estimate of drug-likeness (QED) is 0.403. The highest BCUT2D eigenvalue weighted by molar-refractivity contribution is 5.91. The van der Waals surface area contributed by atoms with E-state index in [0.717, 1.165) is 0 Å². The van der Waals surface area contributed by atoms with Gasteiger partial charge in [0, 0.05) is 12.7 Å². The summed E-state index contributed by atoms with van der Waals surface area (Å²) in [5.74, 6) is -1.21. The van der Waals surface area contributed by atoms with E-state index in [9.17, 15) is 15.0 Å². The molecule has 0 fully saturated rings. The van der Waals surface area contributed by atoms with Gasteiger partial charge in [-0.05, 0) is 42.5 Å². The number of phenols is 1. The Kier molecular flexibility index (Phi) is 5.25. The SMILES string of the molecule is CNc1nc(O)nc(Nc2ccc(N=Nc3ccc(O)c(C(=O)O)c3)cc2)n1. The largest absolute Gasteiger partial charge is 0.507 e. The zero-order chi connectivity index (χ0) is 20.1. The molecule has 0 unspecified atom stereocenters. The maximum atomic E-state index is 11.0. The highest BCUT2D eigenvalue weighted by Crippen LogP contribution is 2.26. The third-order valence-corrected chi connectivity index (χ3v) is 3.46. The highest BCUT2D eigenvalue weighted by atomic mass is 16.4. The number of aromatic hydroxyl groups is 2. The molecule has 0 radical (unpaired) electrons. The molecule has 0 amide bonds. The van der Waals surface area contributed by atoms with Crippen LogP contribution in [0.4, 0.5) is 29.0 Å². The molecular weight excluding hydrogens is 366 g/mol. The molecule has 0 spiro atoms. The molecule has 1 heterocycles. The van der Waals surface area contributed by atoms with Crippen molar-refractivity contribution in [2.75, 3.05) is 17.7 Å². The van der Waals surface area contributed by atoms with Gasteiger partial charge in [0.2, 0.25) is 11.9 Å². The first-order chi connectivity index (χ1) is 13.4. The Balaban J connectivity index is 1.73. The summed E-state index contributed by atoms with van der Waals surface area (Å²) in [6, 6.07) is 10.3. The number of rotatable bonds is 6. The minimum absolute atomic E-state index is 0.163. The summed E-state index contributed by atoms with van der Waals surface area (Å²) < 4.78 is 0. The van der Waals surface area contributed by atoms with Crippen molar-refractivity contribution in [3.8, 4) is 11.8 Å². The molecule has 0 aliphatic carbocycles. The Morgan fingerprint density at radius 3 is 2.25 bits per heavy atom. The smallest absolute Gasteiger partial charge is 0.339 e. The van der Waals surface area contributed by atoms with E-state index in [-0.39, 0.29) is 28.9 Å². The lowest BCUT2D eigenvalue weighted by molar-refractivity contribution is 0.0693. The van der Waals surface area contributed by atoms with Crippen LogP contribution >= 0.6 is 0 Å². The topological polar surface area (TPSA) is 165 Å². The van der Waals surface area contributed by atoms with Crippen molar-refractivity contribution in [1.82, 2.24) is 15.0 Å². The zero-order valence-corrected chi connectivity index (χ0v) is 14.5. The number of hydrogen-bond acceptors (Lipinski definition) is 10. The number of anilines is 3. The van der Waals surface area contributed by atoms with Crippen molar-refractivity contribution >= 4 is 34.9 Å². The van der Waals surface area contributed by atoms with Gasteiger partial charge in [-0.1, -0.05) is 0 Å². The van der Waals surface area contributed by atoms with Crippen molar-refractivity contribution in [2.24, 2.45) is 10.2 Å². The number of azo groups is 1. The Labute approximate surface area is 158 Å². The summed E-state index contributed by atoms with van der Waals surface area (Å²) in [7, 11) is 1.62. The normalized spacial score (nSPS) is 10.8. The van der Waals surface area contributed by atoms with Crippen molar-refractivity contribution in [3.05, 3.63) is 48.0 Å². The van der Waals surface area contributed by atoms with Crippen LogP contribution < -0.4 is 10.6 Å². The number of aromatic nitrogens is 3. The van der Waals surface area contributed by atoms with E-state index in [0.29, 0.717) is 11.4 Å². The summed E-state index contributed by atoms with van der Waals surface area (Å²) in [4.78, 5) is 22.5. The number of nitrogens with zero attached hydrogens (tertiary/aromatic N) is 5. The highest BCUT2D eigenvalue weighted by Gasteiger charge is 2.10. The fraction of sp³-hybridized carbons (Fsp3) is 0.0588. The van der Waals surface area contributed by atoms with Crippen LogP contribution in [0.15, 0.2) is 52.7 Å². The number of hydrogen-bond donors (Lipinski definition) is 5. The van der Waals surface area contributed by atoms with Crippen LogP contribution in [0.1, 0.15) is 10.4 Å². The van der Waals surface area contributed by atoms with Gasteiger partial charge in [-0.25, -0.2) is 4.79 Å². The molecule has 142 valence electrons. The second kappa shape index (κ2) is 7.95. The third kappa shape index (κ3) is 4.46. The lowest BCUT2D eigenvalue weighted by Crippen LogP contribution is -2.03. The second-order valence-corrected chi connectivity index (χ2v) is 5.41. The van der Waals surface area contributed by atoms with Gasteiger partial charge < -0.3 is 26.0 Å². The molecule has 0 atom stereocenters. The molecule has 0 aliphatic rings. The Bertz CT molecular complexity index is 1040. The molecule has 1 aromatic heterocycles. The molecule has 5 N–H and O–H groups in total. The molecule has 2 aromatic carbocycles. The van der Waals surface area contributed by atoms with E-state index < -0.39 is 12.0 Å². The molecule has 3 aromatic rings. The average molecular weight is 381 g/mol. The van der Waals surface area contributed by atoms with Gasteiger partial charge in [0.25, 0.3) is 0 Å². The number of carboxylic acids is 1. The van der Waals surface area contributed by atoms with Crippen LogP contribution in [-0.4, -0.2) is 43.3 Å². The number of aromatic carboxylic acids is 1. The fourth-order valence-corrected chi connectivity index (χ4v) is 2.15. The Morgan fingerprint density at radius 2 is 1.57 bits per heavy atom. The molecule has 0 saturated carbocycles. The first-order valence-electron chi connectivity index (χ1n) is 7.92. The summed E-state index contributed by atoms with van der Waals surface area (Å²) in [5.41, 5.74) is 1.20. The van der Waals surface area contributed by atoms with Gasteiger partial charge in [0.1, 0.15) is 11.3 Å². The Morgan fingerprint density at radius 1 is 0.929 bits per heavy atom. The van der Waals surface area contributed by atoms with E-state index >= 15 is 0 Å². The minimum atomic E-state index is -1.25. The Hall–Kier alpha value is -4.28. The van der Waals surface area contributed by atoms with Crippen LogP contribution in [0.25, 0.3) is 0 Å². The van der Waals surface area contributed by atoms with Gasteiger partial charge in [-0.3, -0.25) is 0 Å². The molecule has 28 heavy (non-hydrogen) atoms. The number of carbonyl (C=O) groups is 1. The average Bonchev–Trinajstić information content (AvgIpc) is 2.67. The maximum absolute atomic E-state index is 11.0. The standard InChI is InChI=1S/C17H15N7O4/c1-18-15-20-16(22-17(28)21-15)19-9-2-4-10(5-3-9)23-24-11-6-7-13(25)12(8-11)14(26)27/h2-8,25H,1H3,(H,26,27)(H3,18,19,20,21,22,28). The maximum Gasteiger partial charge on any atom is 0.339 e.